The summed E-state index contributed by atoms with van der Waals surface area (Å²) in [5.74, 6) is 3.19. The summed E-state index contributed by atoms with van der Waals surface area (Å²) in [6.07, 6.45) is 10.4. The van der Waals surface area contributed by atoms with Gasteiger partial charge in [0.2, 0.25) is 0 Å². The molecule has 2 saturated carbocycles. The van der Waals surface area contributed by atoms with Gasteiger partial charge in [0.25, 0.3) is 0 Å². The van der Waals surface area contributed by atoms with Crippen LogP contribution in [0.15, 0.2) is 41.1 Å². The maximum atomic E-state index is 13.8. The van der Waals surface area contributed by atoms with Crippen LogP contribution in [0.25, 0.3) is 0 Å². The Morgan fingerprint density at radius 1 is 0.962 bits per heavy atom. The van der Waals surface area contributed by atoms with Crippen LogP contribution in [-0.2, 0) is 0 Å². The van der Waals surface area contributed by atoms with Crippen LogP contribution in [0.3, 0.4) is 0 Å². The normalized spacial score (nSPS) is 30.3. The molecule has 0 spiro atoms. The van der Waals surface area contributed by atoms with E-state index in [4.69, 9.17) is 0 Å². The summed E-state index contributed by atoms with van der Waals surface area (Å²) in [4.78, 5) is 1.37. The van der Waals surface area contributed by atoms with Crippen molar-refractivity contribution in [1.82, 2.24) is 0 Å². The van der Waals surface area contributed by atoms with E-state index in [1.165, 1.54) is 36.1 Å². The van der Waals surface area contributed by atoms with Crippen molar-refractivity contribution in [3.63, 3.8) is 0 Å². The molecule has 1 aromatic rings. The lowest BCUT2D eigenvalue weighted by molar-refractivity contribution is 0.162. The first-order chi connectivity index (χ1) is 12.7. The highest BCUT2D eigenvalue weighted by Gasteiger charge is 2.32. The average Bonchev–Trinajstić information content (AvgIpc) is 2.69. The second-order valence-electron chi connectivity index (χ2n) is 7.97. The molecule has 0 nitrogen and oxygen atoms in total. The number of alkyl halides is 1. The van der Waals surface area contributed by atoms with Crippen molar-refractivity contribution >= 4 is 11.8 Å². The standard InChI is InChI=1S/C23H32F2S/c1-2-26-22-13-11-20(12-14-22)18-5-3-17(4-6-18)19-7-9-21(10-8-19)23(25)15-16-24/h11-15,17-19,21H,2-10,16H2,1H3/b23-15-. The van der Waals surface area contributed by atoms with Gasteiger partial charge in [-0.15, -0.1) is 11.8 Å². The third-order valence-corrected chi connectivity index (χ3v) is 7.43. The Hall–Kier alpha value is -0.830. The summed E-state index contributed by atoms with van der Waals surface area (Å²) in [6.45, 7) is 1.52. The molecule has 2 aliphatic rings. The van der Waals surface area contributed by atoms with E-state index in [0.29, 0.717) is 5.92 Å². The Morgan fingerprint density at radius 2 is 1.54 bits per heavy atom. The predicted molar refractivity (Wildman–Crippen MR) is 108 cm³/mol. The van der Waals surface area contributed by atoms with Gasteiger partial charge in [-0.05, 0) is 98.6 Å². The quantitative estimate of drug-likeness (QED) is 0.457. The Kier molecular flexibility index (Phi) is 7.60. The van der Waals surface area contributed by atoms with Crippen LogP contribution >= 0.6 is 11.8 Å². The Bertz CT molecular complexity index is 564. The number of halogens is 2. The first-order valence-corrected chi connectivity index (χ1v) is 11.3. The maximum absolute atomic E-state index is 13.8. The van der Waals surface area contributed by atoms with Gasteiger partial charge in [-0.25, -0.2) is 8.78 Å². The van der Waals surface area contributed by atoms with Crippen LogP contribution in [0.5, 0.6) is 0 Å². The van der Waals surface area contributed by atoms with Crippen molar-refractivity contribution in [2.45, 2.75) is 69.1 Å². The molecule has 0 unspecified atom stereocenters. The van der Waals surface area contributed by atoms with Gasteiger partial charge in [-0.1, -0.05) is 19.1 Å². The highest BCUT2D eigenvalue weighted by atomic mass is 32.2. The van der Waals surface area contributed by atoms with Gasteiger partial charge in [0.05, 0.1) is 0 Å². The van der Waals surface area contributed by atoms with E-state index in [0.717, 1.165) is 49.3 Å². The minimum atomic E-state index is -0.673. The number of allylic oxidation sites excluding steroid dienone is 2. The molecule has 0 bridgehead atoms. The molecule has 2 aliphatic carbocycles. The van der Waals surface area contributed by atoms with Gasteiger partial charge in [0.1, 0.15) is 12.5 Å². The highest BCUT2D eigenvalue weighted by molar-refractivity contribution is 7.99. The van der Waals surface area contributed by atoms with Crippen LogP contribution in [0.1, 0.15) is 69.8 Å². The zero-order chi connectivity index (χ0) is 18.4. The Morgan fingerprint density at radius 3 is 2.08 bits per heavy atom. The largest absolute Gasteiger partial charge is 0.246 e. The lowest BCUT2D eigenvalue weighted by atomic mass is 9.68. The minimum Gasteiger partial charge on any atom is -0.246 e. The molecule has 0 saturated heterocycles. The molecule has 0 aromatic heterocycles. The third kappa shape index (κ3) is 5.12. The summed E-state index contributed by atoms with van der Waals surface area (Å²) in [7, 11) is 0. The van der Waals surface area contributed by atoms with Crippen molar-refractivity contribution in [2.24, 2.45) is 17.8 Å². The van der Waals surface area contributed by atoms with Crippen molar-refractivity contribution in [1.29, 1.82) is 0 Å². The van der Waals surface area contributed by atoms with E-state index in [-0.39, 0.29) is 11.7 Å². The fourth-order valence-corrected chi connectivity index (χ4v) is 5.70. The summed E-state index contributed by atoms with van der Waals surface area (Å²) >= 11 is 1.90. The third-order valence-electron chi connectivity index (χ3n) is 6.54. The van der Waals surface area contributed by atoms with Crippen molar-refractivity contribution in [3.8, 4) is 0 Å². The van der Waals surface area contributed by atoms with E-state index < -0.39 is 6.67 Å². The molecule has 26 heavy (non-hydrogen) atoms. The lowest BCUT2D eigenvalue weighted by Crippen LogP contribution is -2.25. The number of thioether (sulfide) groups is 1. The fraction of sp³-hybridized carbons (Fsp3) is 0.652. The fourth-order valence-electron chi connectivity index (χ4n) is 5.03. The first kappa shape index (κ1) is 19.9. The summed E-state index contributed by atoms with van der Waals surface area (Å²) in [5.41, 5.74) is 1.51. The zero-order valence-electron chi connectivity index (χ0n) is 15.9. The maximum Gasteiger partial charge on any atom is 0.110 e. The van der Waals surface area contributed by atoms with Gasteiger partial charge in [-0.3, -0.25) is 0 Å². The van der Waals surface area contributed by atoms with Crippen molar-refractivity contribution in [3.05, 3.63) is 41.7 Å². The van der Waals surface area contributed by atoms with E-state index in [1.54, 1.807) is 0 Å². The van der Waals surface area contributed by atoms with E-state index in [2.05, 4.69) is 31.2 Å². The monoisotopic (exact) mass is 378 g/mol. The summed E-state index contributed by atoms with van der Waals surface area (Å²) in [6, 6.07) is 9.20. The molecule has 0 radical (unpaired) electrons. The number of hydrogen-bond donors (Lipinski definition) is 0. The smallest absolute Gasteiger partial charge is 0.110 e. The van der Waals surface area contributed by atoms with Crippen LogP contribution in [0, 0.1) is 17.8 Å². The second-order valence-corrected chi connectivity index (χ2v) is 9.31. The molecule has 0 heterocycles. The van der Waals surface area contributed by atoms with Gasteiger partial charge >= 0.3 is 0 Å². The topological polar surface area (TPSA) is 0 Å². The molecular weight excluding hydrogens is 346 g/mol. The molecule has 0 atom stereocenters. The molecule has 2 fully saturated rings. The molecule has 3 heteroatoms. The highest BCUT2D eigenvalue weighted by Crippen LogP contribution is 2.45. The lowest BCUT2D eigenvalue weighted by Gasteiger charge is -2.37. The number of rotatable bonds is 6. The molecule has 3 rings (SSSR count). The van der Waals surface area contributed by atoms with Gasteiger partial charge in [0, 0.05) is 10.8 Å². The molecule has 1 aromatic carbocycles. The van der Waals surface area contributed by atoms with E-state index >= 15 is 0 Å². The molecule has 0 aliphatic heterocycles. The molecule has 144 valence electrons. The van der Waals surface area contributed by atoms with Gasteiger partial charge in [-0.2, -0.15) is 0 Å². The summed E-state index contributed by atoms with van der Waals surface area (Å²) in [5, 5.41) is 0. The van der Waals surface area contributed by atoms with Crippen LogP contribution in [0.4, 0.5) is 8.78 Å². The van der Waals surface area contributed by atoms with E-state index in [1.807, 2.05) is 11.8 Å². The molecule has 0 N–H and O–H groups in total. The predicted octanol–water partition coefficient (Wildman–Crippen LogP) is 7.70. The minimum absolute atomic E-state index is 0.0159. The van der Waals surface area contributed by atoms with Gasteiger partial charge in [0.15, 0.2) is 0 Å². The number of hydrogen-bond acceptors (Lipinski definition) is 1. The molecular formula is C23H32F2S. The van der Waals surface area contributed by atoms with Crippen molar-refractivity contribution < 1.29 is 8.78 Å². The zero-order valence-corrected chi connectivity index (χ0v) is 16.7. The molecule has 0 amide bonds. The Balaban J connectivity index is 1.46. The SMILES string of the molecule is CCSc1ccc(C2CCC(C3CCC(/C(F)=C/CF)CC3)CC2)cc1. The number of benzene rings is 1. The van der Waals surface area contributed by atoms with E-state index in [9.17, 15) is 8.78 Å². The summed E-state index contributed by atoms with van der Waals surface area (Å²) < 4.78 is 26.1. The first-order valence-electron chi connectivity index (χ1n) is 10.4. The van der Waals surface area contributed by atoms with Crippen LogP contribution < -0.4 is 0 Å². The second kappa shape index (κ2) is 9.92. The van der Waals surface area contributed by atoms with Crippen molar-refractivity contribution in [2.75, 3.05) is 12.4 Å². The average molecular weight is 379 g/mol. The van der Waals surface area contributed by atoms with Crippen LogP contribution in [0.2, 0.25) is 0 Å². The van der Waals surface area contributed by atoms with Gasteiger partial charge < -0.3 is 0 Å². The van der Waals surface area contributed by atoms with Crippen LogP contribution in [-0.4, -0.2) is 12.4 Å². The Labute approximate surface area is 161 Å².